The number of carbonyl (C=O) groups is 1. The predicted molar refractivity (Wildman–Crippen MR) is 117 cm³/mol. The fourth-order valence-corrected chi connectivity index (χ4v) is 4.25. The lowest BCUT2D eigenvalue weighted by Gasteiger charge is -2.30. The van der Waals surface area contributed by atoms with Gasteiger partial charge in [-0.05, 0) is 62.2 Å². The Morgan fingerprint density at radius 3 is 2.17 bits per heavy atom. The molecule has 0 aromatic heterocycles. The van der Waals surface area contributed by atoms with Crippen LogP contribution in [-0.2, 0) is 21.4 Å². The van der Waals surface area contributed by atoms with Crippen LogP contribution < -0.4 is 14.4 Å². The summed E-state index contributed by atoms with van der Waals surface area (Å²) in [6.07, 6.45) is 1.49. The quantitative estimate of drug-likeness (QED) is 0.642. The number of hydrogen-bond acceptors (Lipinski definition) is 4. The van der Waals surface area contributed by atoms with E-state index in [0.717, 1.165) is 21.9 Å². The van der Waals surface area contributed by atoms with Crippen LogP contribution >= 0.6 is 11.6 Å². The summed E-state index contributed by atoms with van der Waals surface area (Å²) in [6, 6.07) is 12.9. The maximum absolute atomic E-state index is 12.8. The summed E-state index contributed by atoms with van der Waals surface area (Å²) in [4.78, 5) is 12.8. The largest absolute Gasteiger partial charge is 0.491 e. The molecule has 158 valence electrons. The molecule has 0 aliphatic carbocycles. The molecule has 0 aliphatic heterocycles. The van der Waals surface area contributed by atoms with Crippen LogP contribution in [0.4, 0.5) is 5.69 Å². The Kier molecular flexibility index (Phi) is 7.93. The van der Waals surface area contributed by atoms with Gasteiger partial charge in [-0.1, -0.05) is 30.7 Å². The lowest BCUT2D eigenvalue weighted by atomic mass is 10.1. The molecule has 29 heavy (non-hydrogen) atoms. The van der Waals surface area contributed by atoms with Gasteiger partial charge < -0.3 is 10.1 Å². The molecule has 1 atom stereocenters. The zero-order valence-electron chi connectivity index (χ0n) is 17.1. The lowest BCUT2D eigenvalue weighted by molar-refractivity contribution is -0.122. The summed E-state index contributed by atoms with van der Waals surface area (Å²) >= 11 is 5.91. The molecule has 1 N–H and O–H groups in total. The Hall–Kier alpha value is -2.25. The predicted octanol–water partition coefficient (Wildman–Crippen LogP) is 3.99. The van der Waals surface area contributed by atoms with E-state index in [0.29, 0.717) is 17.1 Å². The van der Waals surface area contributed by atoms with Crippen molar-refractivity contribution in [3.05, 3.63) is 59.1 Å². The van der Waals surface area contributed by atoms with E-state index in [4.69, 9.17) is 16.3 Å². The summed E-state index contributed by atoms with van der Waals surface area (Å²) in [7, 11) is -3.67. The zero-order valence-corrected chi connectivity index (χ0v) is 18.6. The van der Waals surface area contributed by atoms with Crippen LogP contribution in [0.5, 0.6) is 5.75 Å². The van der Waals surface area contributed by atoms with Crippen LogP contribution in [-0.4, -0.2) is 32.7 Å². The minimum Gasteiger partial charge on any atom is -0.491 e. The number of nitrogens with zero attached hydrogens (tertiary/aromatic N) is 1. The maximum atomic E-state index is 12.8. The number of carbonyl (C=O) groups excluding carboxylic acids is 1. The van der Waals surface area contributed by atoms with Crippen molar-refractivity contribution in [1.29, 1.82) is 0 Å². The van der Waals surface area contributed by atoms with Gasteiger partial charge in [-0.2, -0.15) is 0 Å². The molecule has 2 aromatic rings. The highest BCUT2D eigenvalue weighted by atomic mass is 35.5. The zero-order chi connectivity index (χ0) is 21.6. The van der Waals surface area contributed by atoms with Crippen LogP contribution in [0, 0.1) is 0 Å². The molecule has 0 aliphatic rings. The number of sulfonamides is 1. The molecule has 0 fully saturated rings. The fraction of sp³-hybridized carbons (Fsp3) is 0.381. The summed E-state index contributed by atoms with van der Waals surface area (Å²) in [6.45, 7) is 5.96. The number of benzene rings is 2. The molecule has 0 saturated heterocycles. The molecule has 6 nitrogen and oxygen atoms in total. The Labute approximate surface area is 177 Å². The number of hydrogen-bond donors (Lipinski definition) is 1. The highest BCUT2D eigenvalue weighted by Crippen LogP contribution is 2.24. The summed E-state index contributed by atoms with van der Waals surface area (Å²) in [5.41, 5.74) is 1.29. The normalized spacial score (nSPS) is 12.5. The summed E-state index contributed by atoms with van der Waals surface area (Å²) < 4.78 is 31.6. The monoisotopic (exact) mass is 438 g/mol. The molecule has 1 amide bonds. The van der Waals surface area contributed by atoms with E-state index in [2.05, 4.69) is 5.32 Å². The first-order valence-electron chi connectivity index (χ1n) is 9.40. The standard InChI is InChI=1S/C21H27ClN2O4S/c1-5-20(24(29(4,26)27)18-10-8-17(22)9-11-18)21(25)23-14-16-6-12-19(13-7-16)28-15(2)3/h6-13,15,20H,5,14H2,1-4H3,(H,23,25)/t20-/m0/s1. The van der Waals surface area contributed by atoms with Crippen molar-refractivity contribution in [1.82, 2.24) is 5.32 Å². The van der Waals surface area contributed by atoms with Gasteiger partial charge in [0.25, 0.3) is 0 Å². The van der Waals surface area contributed by atoms with Crippen molar-refractivity contribution in [2.75, 3.05) is 10.6 Å². The van der Waals surface area contributed by atoms with Gasteiger partial charge in [0.15, 0.2) is 0 Å². The molecule has 8 heteroatoms. The molecule has 2 rings (SSSR count). The topological polar surface area (TPSA) is 75.7 Å². The van der Waals surface area contributed by atoms with Gasteiger partial charge in [0.1, 0.15) is 11.8 Å². The molecule has 0 unspecified atom stereocenters. The molecular weight excluding hydrogens is 412 g/mol. The first-order chi connectivity index (χ1) is 13.6. The van der Waals surface area contributed by atoms with Gasteiger partial charge in [0.05, 0.1) is 18.0 Å². The van der Waals surface area contributed by atoms with E-state index in [-0.39, 0.29) is 18.6 Å². The summed E-state index contributed by atoms with van der Waals surface area (Å²) in [5.74, 6) is 0.392. The fourth-order valence-electron chi connectivity index (χ4n) is 2.91. The third-order valence-electron chi connectivity index (χ3n) is 4.17. The SMILES string of the molecule is CC[C@@H](C(=O)NCc1ccc(OC(C)C)cc1)N(c1ccc(Cl)cc1)S(C)(=O)=O. The average Bonchev–Trinajstić information content (AvgIpc) is 2.65. The van der Waals surface area contributed by atoms with Gasteiger partial charge in [0, 0.05) is 11.6 Å². The van der Waals surface area contributed by atoms with Crippen LogP contribution in [0.25, 0.3) is 0 Å². The molecule has 0 saturated carbocycles. The second-order valence-electron chi connectivity index (χ2n) is 6.99. The number of anilines is 1. The third-order valence-corrected chi connectivity index (χ3v) is 5.60. The van der Waals surface area contributed by atoms with Crippen LogP contribution in [0.15, 0.2) is 48.5 Å². The van der Waals surface area contributed by atoms with Crippen molar-refractivity contribution in [2.24, 2.45) is 0 Å². The van der Waals surface area contributed by atoms with Crippen molar-refractivity contribution in [3.8, 4) is 5.75 Å². The summed E-state index contributed by atoms with van der Waals surface area (Å²) in [5, 5.41) is 3.32. The number of nitrogens with one attached hydrogen (secondary N) is 1. The van der Waals surface area contributed by atoms with Gasteiger partial charge in [-0.15, -0.1) is 0 Å². The molecule has 0 heterocycles. The van der Waals surface area contributed by atoms with Crippen molar-refractivity contribution >= 4 is 33.2 Å². The van der Waals surface area contributed by atoms with E-state index in [1.54, 1.807) is 31.2 Å². The number of ether oxygens (including phenoxy) is 1. The maximum Gasteiger partial charge on any atom is 0.244 e. The molecule has 0 radical (unpaired) electrons. The molecule has 0 bridgehead atoms. The first kappa shape index (κ1) is 23.0. The Bertz CT molecular complexity index is 913. The van der Waals surface area contributed by atoms with Crippen molar-refractivity contribution < 1.29 is 17.9 Å². The first-order valence-corrected chi connectivity index (χ1v) is 11.6. The van der Waals surface area contributed by atoms with Gasteiger partial charge in [0.2, 0.25) is 15.9 Å². The van der Waals surface area contributed by atoms with Gasteiger partial charge in [-0.25, -0.2) is 8.42 Å². The molecule has 0 spiro atoms. The van der Waals surface area contributed by atoms with Crippen LogP contribution in [0.3, 0.4) is 0 Å². The lowest BCUT2D eigenvalue weighted by Crippen LogP contribution is -2.49. The Morgan fingerprint density at radius 1 is 1.10 bits per heavy atom. The van der Waals surface area contributed by atoms with Crippen molar-refractivity contribution in [3.63, 3.8) is 0 Å². The van der Waals surface area contributed by atoms with E-state index in [1.165, 1.54) is 0 Å². The number of rotatable bonds is 9. The smallest absolute Gasteiger partial charge is 0.244 e. The van der Waals surface area contributed by atoms with Gasteiger partial charge >= 0.3 is 0 Å². The van der Waals surface area contributed by atoms with Crippen LogP contribution in [0.2, 0.25) is 5.02 Å². The van der Waals surface area contributed by atoms with Gasteiger partial charge in [-0.3, -0.25) is 9.10 Å². The minimum atomic E-state index is -3.67. The Balaban J connectivity index is 2.14. The number of halogens is 1. The molecular formula is C21H27ClN2O4S. The second kappa shape index (κ2) is 9.98. The molecule has 2 aromatic carbocycles. The average molecular weight is 439 g/mol. The Morgan fingerprint density at radius 2 is 1.69 bits per heavy atom. The highest BCUT2D eigenvalue weighted by Gasteiger charge is 2.31. The minimum absolute atomic E-state index is 0.0840. The highest BCUT2D eigenvalue weighted by molar-refractivity contribution is 7.92. The van der Waals surface area contributed by atoms with E-state index < -0.39 is 16.1 Å². The van der Waals surface area contributed by atoms with E-state index in [9.17, 15) is 13.2 Å². The third kappa shape index (κ3) is 6.65. The van der Waals surface area contributed by atoms with E-state index in [1.807, 2.05) is 38.1 Å². The van der Waals surface area contributed by atoms with Crippen LogP contribution in [0.1, 0.15) is 32.8 Å². The number of amides is 1. The second-order valence-corrected chi connectivity index (χ2v) is 9.28. The van der Waals surface area contributed by atoms with Crippen molar-refractivity contribution in [2.45, 2.75) is 45.9 Å². The van der Waals surface area contributed by atoms with E-state index >= 15 is 0 Å².